The molecule has 0 bridgehead atoms. The Morgan fingerprint density at radius 2 is 2.03 bits per heavy atom. The van der Waals surface area contributed by atoms with Crippen LogP contribution in [0.1, 0.15) is 59.4 Å². The normalized spacial score (nSPS) is 16.2. The second kappa shape index (κ2) is 7.82. The number of hydrogen-bond acceptors (Lipinski definition) is 6. The fraction of sp³-hybridized carbons (Fsp3) is 0.550. The summed E-state index contributed by atoms with van der Waals surface area (Å²) in [5, 5.41) is 18.5. The number of fused-ring (bicyclic) bond motifs is 1. The van der Waals surface area contributed by atoms with Gasteiger partial charge in [-0.05, 0) is 50.0 Å². The van der Waals surface area contributed by atoms with Gasteiger partial charge in [-0.3, -0.25) is 24.4 Å². The third-order valence-corrected chi connectivity index (χ3v) is 6.98. The van der Waals surface area contributed by atoms with Gasteiger partial charge in [0.2, 0.25) is 5.91 Å². The van der Waals surface area contributed by atoms with Gasteiger partial charge in [0.25, 0.3) is 5.91 Å². The minimum atomic E-state index is -0.557. The second-order valence-corrected chi connectivity index (χ2v) is 9.97. The Morgan fingerprint density at radius 1 is 1.37 bits per heavy atom. The van der Waals surface area contributed by atoms with E-state index in [1.165, 1.54) is 22.9 Å². The molecule has 162 valence electrons. The maximum Gasteiger partial charge on any atom is 0.312 e. The maximum atomic E-state index is 12.6. The summed E-state index contributed by atoms with van der Waals surface area (Å²) in [5.41, 5.74) is 7.57. The van der Waals surface area contributed by atoms with Crippen molar-refractivity contribution in [2.75, 3.05) is 5.32 Å². The van der Waals surface area contributed by atoms with Gasteiger partial charge in [0, 0.05) is 4.88 Å². The molecule has 0 saturated carbocycles. The van der Waals surface area contributed by atoms with Gasteiger partial charge in [-0.25, -0.2) is 0 Å². The van der Waals surface area contributed by atoms with E-state index in [0.29, 0.717) is 22.2 Å². The molecule has 3 rings (SSSR count). The van der Waals surface area contributed by atoms with Crippen LogP contribution >= 0.6 is 11.3 Å². The number of nitrogens with one attached hydrogen (secondary N) is 1. The van der Waals surface area contributed by atoms with E-state index in [9.17, 15) is 19.7 Å². The fourth-order valence-corrected chi connectivity index (χ4v) is 5.43. The van der Waals surface area contributed by atoms with Crippen LogP contribution in [-0.4, -0.2) is 26.5 Å². The molecule has 2 aromatic rings. The number of nitrogens with zero attached hydrogens (tertiary/aromatic N) is 3. The van der Waals surface area contributed by atoms with Gasteiger partial charge in [-0.15, -0.1) is 11.3 Å². The molecular formula is C20H27N5O4S. The molecule has 1 unspecified atom stereocenters. The minimum Gasteiger partial charge on any atom is -0.365 e. The molecule has 10 heteroatoms. The van der Waals surface area contributed by atoms with E-state index in [0.717, 1.165) is 29.7 Å². The Balaban J connectivity index is 1.84. The number of amides is 2. The molecule has 1 aliphatic carbocycles. The first-order valence-corrected chi connectivity index (χ1v) is 10.6. The first-order valence-electron chi connectivity index (χ1n) is 9.82. The Bertz CT molecular complexity index is 1030. The minimum absolute atomic E-state index is 0.0968. The van der Waals surface area contributed by atoms with Gasteiger partial charge in [0.15, 0.2) is 0 Å². The number of aryl methyl sites for hydroxylation is 1. The standard InChI is InChI=1S/C20H27N5O4S/c1-10-17(25(28)29)11(2)24(23-10)9-15(26)22-19-16(18(21)27)13-7-6-12(20(3,4)5)8-14(13)30-19/h12H,6-9H2,1-5H3,(H2,21,27)(H,22,26). The zero-order valence-electron chi connectivity index (χ0n) is 17.9. The lowest BCUT2D eigenvalue weighted by molar-refractivity contribution is -0.386. The maximum absolute atomic E-state index is 12.6. The summed E-state index contributed by atoms with van der Waals surface area (Å²) < 4.78 is 1.30. The average Bonchev–Trinajstić information content (AvgIpc) is 3.09. The fourth-order valence-electron chi connectivity index (χ4n) is 4.08. The van der Waals surface area contributed by atoms with Gasteiger partial charge in [0.05, 0.1) is 10.5 Å². The van der Waals surface area contributed by atoms with Crippen molar-refractivity contribution in [2.24, 2.45) is 17.1 Å². The highest BCUT2D eigenvalue weighted by Gasteiger charge is 2.33. The number of hydrogen-bond donors (Lipinski definition) is 2. The number of anilines is 1. The van der Waals surface area contributed by atoms with Crippen LogP contribution in [0, 0.1) is 35.3 Å². The van der Waals surface area contributed by atoms with E-state index >= 15 is 0 Å². The monoisotopic (exact) mass is 433 g/mol. The number of thiophene rings is 1. The van der Waals surface area contributed by atoms with Crippen LogP contribution in [0.15, 0.2) is 0 Å². The molecule has 3 N–H and O–H groups in total. The second-order valence-electron chi connectivity index (χ2n) is 8.86. The molecule has 0 spiro atoms. The van der Waals surface area contributed by atoms with E-state index in [-0.39, 0.29) is 23.3 Å². The van der Waals surface area contributed by atoms with Crippen LogP contribution in [0.3, 0.4) is 0 Å². The van der Waals surface area contributed by atoms with Crippen molar-refractivity contribution in [3.8, 4) is 0 Å². The predicted octanol–water partition coefficient (Wildman–Crippen LogP) is 3.36. The van der Waals surface area contributed by atoms with E-state index < -0.39 is 16.7 Å². The third kappa shape index (κ3) is 4.09. The van der Waals surface area contributed by atoms with Crippen molar-refractivity contribution in [3.05, 3.63) is 37.5 Å². The Kier molecular flexibility index (Phi) is 5.72. The van der Waals surface area contributed by atoms with Crippen LogP contribution in [0.4, 0.5) is 10.7 Å². The van der Waals surface area contributed by atoms with Crippen molar-refractivity contribution in [1.82, 2.24) is 9.78 Å². The molecule has 1 aliphatic rings. The van der Waals surface area contributed by atoms with Crippen molar-refractivity contribution in [3.63, 3.8) is 0 Å². The average molecular weight is 434 g/mol. The molecule has 0 aliphatic heterocycles. The summed E-state index contributed by atoms with van der Waals surface area (Å²) in [4.78, 5) is 36.5. The topological polar surface area (TPSA) is 133 Å². The van der Waals surface area contributed by atoms with E-state index in [4.69, 9.17) is 5.73 Å². The molecule has 0 radical (unpaired) electrons. The molecular weight excluding hydrogens is 406 g/mol. The quantitative estimate of drug-likeness (QED) is 0.551. The summed E-state index contributed by atoms with van der Waals surface area (Å²) in [6, 6.07) is 0. The summed E-state index contributed by atoms with van der Waals surface area (Å²) in [5.74, 6) is -0.481. The molecule has 2 aromatic heterocycles. The van der Waals surface area contributed by atoms with Crippen LogP contribution in [0.25, 0.3) is 0 Å². The number of rotatable bonds is 5. The highest BCUT2D eigenvalue weighted by molar-refractivity contribution is 7.17. The Labute approximate surface area is 178 Å². The van der Waals surface area contributed by atoms with Crippen molar-refractivity contribution >= 4 is 33.8 Å². The zero-order chi connectivity index (χ0) is 22.4. The molecule has 1 atom stereocenters. The van der Waals surface area contributed by atoms with Gasteiger partial charge in [-0.1, -0.05) is 20.8 Å². The largest absolute Gasteiger partial charge is 0.365 e. The third-order valence-electron chi connectivity index (χ3n) is 5.81. The van der Waals surface area contributed by atoms with Crippen LogP contribution in [-0.2, 0) is 24.2 Å². The lowest BCUT2D eigenvalue weighted by atomic mass is 9.72. The number of primary amides is 1. The van der Waals surface area contributed by atoms with Crippen LogP contribution in [0.5, 0.6) is 0 Å². The first kappa shape index (κ1) is 21.9. The highest BCUT2D eigenvalue weighted by Crippen LogP contribution is 2.44. The van der Waals surface area contributed by atoms with Crippen LogP contribution < -0.4 is 11.1 Å². The summed E-state index contributed by atoms with van der Waals surface area (Å²) >= 11 is 1.40. The highest BCUT2D eigenvalue weighted by atomic mass is 32.1. The first-order chi connectivity index (χ1) is 13.9. The molecule has 2 heterocycles. The molecule has 0 saturated heterocycles. The Morgan fingerprint density at radius 3 is 2.57 bits per heavy atom. The Hall–Kier alpha value is -2.75. The van der Waals surface area contributed by atoms with Crippen molar-refractivity contribution in [1.29, 1.82) is 0 Å². The van der Waals surface area contributed by atoms with Crippen molar-refractivity contribution in [2.45, 2.75) is 60.4 Å². The van der Waals surface area contributed by atoms with Crippen LogP contribution in [0.2, 0.25) is 0 Å². The van der Waals surface area contributed by atoms with Gasteiger partial charge >= 0.3 is 5.69 Å². The SMILES string of the molecule is Cc1nn(CC(=O)Nc2sc3c(c2C(N)=O)CCC(C(C)(C)C)C3)c(C)c1[N+](=O)[O-]. The summed E-state index contributed by atoms with van der Waals surface area (Å²) in [7, 11) is 0. The number of carbonyl (C=O) groups is 2. The van der Waals surface area contributed by atoms with Gasteiger partial charge < -0.3 is 11.1 Å². The number of aromatic nitrogens is 2. The van der Waals surface area contributed by atoms with Crippen molar-refractivity contribution < 1.29 is 14.5 Å². The number of carbonyl (C=O) groups excluding carboxylic acids is 2. The summed E-state index contributed by atoms with van der Waals surface area (Å²) in [6.45, 7) is 9.52. The predicted molar refractivity (Wildman–Crippen MR) is 115 cm³/mol. The molecule has 0 fully saturated rings. The lowest BCUT2D eigenvalue weighted by Gasteiger charge is -2.33. The van der Waals surface area contributed by atoms with E-state index in [1.54, 1.807) is 6.92 Å². The zero-order valence-corrected chi connectivity index (χ0v) is 18.7. The lowest BCUT2D eigenvalue weighted by Crippen LogP contribution is -2.27. The molecule has 30 heavy (non-hydrogen) atoms. The smallest absolute Gasteiger partial charge is 0.312 e. The van der Waals surface area contributed by atoms with E-state index in [2.05, 4.69) is 31.2 Å². The molecule has 2 amide bonds. The number of nitrogens with two attached hydrogens (primary N) is 1. The summed E-state index contributed by atoms with van der Waals surface area (Å²) in [6.07, 6.45) is 2.57. The van der Waals surface area contributed by atoms with Gasteiger partial charge in [0.1, 0.15) is 22.9 Å². The van der Waals surface area contributed by atoms with E-state index in [1.807, 2.05) is 0 Å². The van der Waals surface area contributed by atoms with Gasteiger partial charge in [-0.2, -0.15) is 5.10 Å². The molecule has 0 aromatic carbocycles. The number of nitro groups is 1. The molecule has 9 nitrogen and oxygen atoms in total.